The molecule has 0 bridgehead atoms. The fourth-order valence-corrected chi connectivity index (χ4v) is 4.20. The Morgan fingerprint density at radius 2 is 1.17 bits per heavy atom. The van der Waals surface area contributed by atoms with E-state index >= 15 is 0 Å². The van der Waals surface area contributed by atoms with Crippen LogP contribution >= 0.6 is 0 Å². The van der Waals surface area contributed by atoms with E-state index in [1.54, 1.807) is 24.3 Å². The van der Waals surface area contributed by atoms with Crippen LogP contribution in [-0.4, -0.2) is 14.2 Å². The summed E-state index contributed by atoms with van der Waals surface area (Å²) < 4.78 is 24.2. The van der Waals surface area contributed by atoms with E-state index < -0.39 is 9.84 Å². The third-order valence-electron chi connectivity index (χ3n) is 4.31. The number of unbranched alkanes of at least 4 members (excludes halogenated alkanes) is 11. The van der Waals surface area contributed by atoms with Crippen molar-refractivity contribution in [2.75, 3.05) is 5.75 Å². The average Bonchev–Trinajstić information content (AvgIpc) is 2.56. The molecular weight excluding hydrogens is 304 g/mol. The van der Waals surface area contributed by atoms with E-state index in [1.165, 1.54) is 57.8 Å². The van der Waals surface area contributed by atoms with E-state index in [2.05, 4.69) is 13.0 Å². The number of benzene rings is 1. The lowest BCUT2D eigenvalue weighted by molar-refractivity contribution is 0.546. The molecule has 23 heavy (non-hydrogen) atoms. The number of rotatable bonds is 14. The van der Waals surface area contributed by atoms with Crippen LogP contribution in [0.1, 0.15) is 84.0 Å². The van der Waals surface area contributed by atoms with Crippen LogP contribution in [0.25, 0.3) is 0 Å². The van der Waals surface area contributed by atoms with Crippen LogP contribution in [-0.2, 0) is 9.84 Å². The highest BCUT2D eigenvalue weighted by atomic mass is 32.2. The van der Waals surface area contributed by atoms with Gasteiger partial charge in [0, 0.05) is 0 Å². The van der Waals surface area contributed by atoms with Gasteiger partial charge in [0.05, 0.1) is 10.6 Å². The summed E-state index contributed by atoms with van der Waals surface area (Å²) >= 11 is 0. The molecule has 0 saturated carbocycles. The molecule has 0 aliphatic heterocycles. The van der Waals surface area contributed by atoms with Gasteiger partial charge in [0.2, 0.25) is 0 Å². The number of hydrogen-bond acceptors (Lipinski definition) is 2. The first-order chi connectivity index (χ1) is 11.2. The van der Waals surface area contributed by atoms with Crippen molar-refractivity contribution in [1.82, 2.24) is 0 Å². The normalized spacial score (nSPS) is 11.7. The molecule has 0 heterocycles. The summed E-state index contributed by atoms with van der Waals surface area (Å²) in [7, 11) is -3.09. The van der Waals surface area contributed by atoms with Crippen molar-refractivity contribution in [3.05, 3.63) is 30.3 Å². The molecule has 2 nitrogen and oxygen atoms in total. The Hall–Kier alpha value is -0.830. The molecule has 0 N–H and O–H groups in total. The van der Waals surface area contributed by atoms with Gasteiger partial charge in [-0.1, -0.05) is 89.7 Å². The summed E-state index contributed by atoms with van der Waals surface area (Å²) in [6, 6.07) is 9.45. The molecule has 0 unspecified atom stereocenters. The summed E-state index contributed by atoms with van der Waals surface area (Å²) in [6.07, 6.45) is 15.1. The summed E-state index contributed by atoms with van der Waals surface area (Å²) in [5.41, 5.74) is 0. The van der Waals surface area contributed by atoms with Gasteiger partial charge in [0.1, 0.15) is 0 Å². The standard InChI is InChI=1S/C20H33O2S/c1-2-3-4-5-6-7-8-9-10-11-12-16-19-23(21,22)20-17-14-13-15-18-20/h14-15,17-18H,2-12,16,19H2,1H3. The van der Waals surface area contributed by atoms with E-state index in [1.807, 2.05) is 0 Å². The van der Waals surface area contributed by atoms with Crippen LogP contribution in [0.2, 0.25) is 0 Å². The molecule has 0 aliphatic carbocycles. The van der Waals surface area contributed by atoms with Crippen LogP contribution in [0.3, 0.4) is 0 Å². The zero-order chi connectivity index (χ0) is 16.8. The highest BCUT2D eigenvalue weighted by molar-refractivity contribution is 7.91. The molecule has 1 aromatic carbocycles. The van der Waals surface area contributed by atoms with E-state index in [9.17, 15) is 8.42 Å². The van der Waals surface area contributed by atoms with E-state index in [0.717, 1.165) is 19.3 Å². The Kier molecular flexibility index (Phi) is 11.1. The van der Waals surface area contributed by atoms with Crippen LogP contribution in [0.4, 0.5) is 0 Å². The fraction of sp³-hybridized carbons (Fsp3) is 0.700. The maximum atomic E-state index is 12.1. The van der Waals surface area contributed by atoms with Crippen molar-refractivity contribution >= 4 is 9.84 Å². The average molecular weight is 338 g/mol. The molecule has 3 heteroatoms. The maximum absolute atomic E-state index is 12.1. The highest BCUT2D eigenvalue weighted by Gasteiger charge is 2.12. The SMILES string of the molecule is CCCCCCCCCCCCCCS(=O)(=O)c1cc[c]cc1. The van der Waals surface area contributed by atoms with E-state index in [4.69, 9.17) is 0 Å². The van der Waals surface area contributed by atoms with Crippen molar-refractivity contribution in [2.45, 2.75) is 88.9 Å². The lowest BCUT2D eigenvalue weighted by atomic mass is 10.1. The first-order valence-electron chi connectivity index (χ1n) is 9.35. The molecular formula is C20H33O2S. The largest absolute Gasteiger partial charge is 0.224 e. The molecule has 0 aliphatic rings. The minimum Gasteiger partial charge on any atom is -0.224 e. The second-order valence-corrected chi connectivity index (χ2v) is 8.55. The summed E-state index contributed by atoms with van der Waals surface area (Å²) in [6.45, 7) is 2.25. The minimum atomic E-state index is -3.09. The Morgan fingerprint density at radius 1 is 0.739 bits per heavy atom. The fourth-order valence-electron chi connectivity index (χ4n) is 2.83. The van der Waals surface area contributed by atoms with Crippen molar-refractivity contribution < 1.29 is 8.42 Å². The Balaban J connectivity index is 1.96. The van der Waals surface area contributed by atoms with Gasteiger partial charge in [-0.2, -0.15) is 0 Å². The zero-order valence-electron chi connectivity index (χ0n) is 14.7. The minimum absolute atomic E-state index is 0.272. The van der Waals surface area contributed by atoms with Crippen LogP contribution in [0, 0.1) is 6.07 Å². The second kappa shape index (κ2) is 12.6. The van der Waals surface area contributed by atoms with Gasteiger partial charge < -0.3 is 0 Å². The summed E-state index contributed by atoms with van der Waals surface area (Å²) in [4.78, 5) is 0.430. The van der Waals surface area contributed by atoms with Crippen molar-refractivity contribution in [2.24, 2.45) is 0 Å². The lowest BCUT2D eigenvalue weighted by Gasteiger charge is -2.05. The molecule has 0 saturated heterocycles. The van der Waals surface area contributed by atoms with Gasteiger partial charge in [-0.3, -0.25) is 0 Å². The molecule has 0 fully saturated rings. The molecule has 0 atom stereocenters. The molecule has 1 rings (SSSR count). The maximum Gasteiger partial charge on any atom is 0.178 e. The zero-order valence-corrected chi connectivity index (χ0v) is 15.5. The Bertz CT molecular complexity index is 480. The van der Waals surface area contributed by atoms with Crippen LogP contribution < -0.4 is 0 Å². The van der Waals surface area contributed by atoms with E-state index in [0.29, 0.717) is 4.90 Å². The lowest BCUT2D eigenvalue weighted by Crippen LogP contribution is -2.06. The first kappa shape index (κ1) is 20.2. The summed E-state index contributed by atoms with van der Waals surface area (Å²) in [5, 5.41) is 0. The van der Waals surface area contributed by atoms with Crippen molar-refractivity contribution in [3.63, 3.8) is 0 Å². The smallest absolute Gasteiger partial charge is 0.178 e. The van der Waals surface area contributed by atoms with Gasteiger partial charge in [0.25, 0.3) is 0 Å². The molecule has 0 aromatic heterocycles. The molecule has 0 spiro atoms. The van der Waals surface area contributed by atoms with Crippen molar-refractivity contribution in [3.8, 4) is 0 Å². The second-order valence-electron chi connectivity index (χ2n) is 6.44. The van der Waals surface area contributed by atoms with Gasteiger partial charge in [-0.25, -0.2) is 8.42 Å². The third kappa shape index (κ3) is 9.80. The molecule has 1 radical (unpaired) electrons. The van der Waals surface area contributed by atoms with Gasteiger partial charge in [-0.15, -0.1) is 0 Å². The number of hydrogen-bond donors (Lipinski definition) is 0. The molecule has 131 valence electrons. The highest BCUT2D eigenvalue weighted by Crippen LogP contribution is 2.15. The van der Waals surface area contributed by atoms with Crippen LogP contribution in [0.15, 0.2) is 29.2 Å². The molecule has 1 aromatic rings. The van der Waals surface area contributed by atoms with E-state index in [-0.39, 0.29) is 5.75 Å². The van der Waals surface area contributed by atoms with Gasteiger partial charge in [0.15, 0.2) is 9.84 Å². The molecule has 0 amide bonds. The summed E-state index contributed by atoms with van der Waals surface area (Å²) in [5.74, 6) is 0.272. The van der Waals surface area contributed by atoms with Gasteiger partial charge in [-0.05, 0) is 24.6 Å². The topological polar surface area (TPSA) is 34.1 Å². The predicted molar refractivity (Wildman–Crippen MR) is 98.4 cm³/mol. The monoisotopic (exact) mass is 337 g/mol. The van der Waals surface area contributed by atoms with Crippen molar-refractivity contribution in [1.29, 1.82) is 0 Å². The quantitative estimate of drug-likeness (QED) is 0.392. The predicted octanol–water partition coefficient (Wildman–Crippen LogP) is 5.96. The van der Waals surface area contributed by atoms with Gasteiger partial charge >= 0.3 is 0 Å². The Morgan fingerprint density at radius 3 is 1.65 bits per heavy atom. The number of sulfone groups is 1. The Labute approximate surface area is 143 Å². The third-order valence-corrected chi connectivity index (χ3v) is 6.13. The first-order valence-corrected chi connectivity index (χ1v) is 11.0. The van der Waals surface area contributed by atoms with Crippen LogP contribution in [0.5, 0.6) is 0 Å².